The predicted octanol–water partition coefficient (Wildman–Crippen LogP) is 6.94. The lowest BCUT2D eigenvalue weighted by atomic mass is 10.1. The van der Waals surface area contributed by atoms with E-state index in [4.69, 9.17) is 0 Å². The Balaban J connectivity index is 1.98. The van der Waals surface area contributed by atoms with Gasteiger partial charge >= 0.3 is 0 Å². The number of hydrogen-bond acceptors (Lipinski definition) is 0. The van der Waals surface area contributed by atoms with E-state index in [0.717, 1.165) is 16.9 Å². The first-order valence-electron chi connectivity index (χ1n) is 9.21. The van der Waals surface area contributed by atoms with Gasteiger partial charge in [-0.15, -0.1) is 0 Å². The lowest BCUT2D eigenvalue weighted by molar-refractivity contribution is 1.11. The Morgan fingerprint density at radius 2 is 1.63 bits per heavy atom. The Morgan fingerprint density at radius 3 is 2.41 bits per heavy atom. The zero-order valence-electron chi connectivity index (χ0n) is 15.2. The highest BCUT2D eigenvalue weighted by molar-refractivity contribution is 6.13. The fourth-order valence-electron chi connectivity index (χ4n) is 4.07. The van der Waals surface area contributed by atoms with Gasteiger partial charge in [0.05, 0.1) is 11.2 Å². The Hall–Kier alpha value is -3.52. The maximum atomic E-state index is 4.10. The van der Waals surface area contributed by atoms with Gasteiger partial charge in [-0.3, -0.25) is 0 Å². The van der Waals surface area contributed by atoms with Gasteiger partial charge in [-0.05, 0) is 43.3 Å². The minimum Gasteiger partial charge on any atom is -0.354 e. The molecule has 0 fully saturated rings. The SMILES string of the molecule is C=Cc1c(/C=C\C)c2cc3c(cc2n1-c1ccccc1)[nH]c1ccccc13. The van der Waals surface area contributed by atoms with Gasteiger partial charge in [0.25, 0.3) is 0 Å². The molecule has 27 heavy (non-hydrogen) atoms. The van der Waals surface area contributed by atoms with E-state index in [1.165, 1.54) is 32.8 Å². The molecule has 0 unspecified atom stereocenters. The molecule has 0 saturated heterocycles. The fraction of sp³-hybridized carbons (Fsp3) is 0.0400. The molecule has 0 aliphatic heterocycles. The van der Waals surface area contributed by atoms with Crippen molar-refractivity contribution in [2.24, 2.45) is 0 Å². The smallest absolute Gasteiger partial charge is 0.0562 e. The van der Waals surface area contributed by atoms with E-state index in [-0.39, 0.29) is 0 Å². The van der Waals surface area contributed by atoms with Crippen LogP contribution < -0.4 is 0 Å². The van der Waals surface area contributed by atoms with Crippen LogP contribution in [-0.4, -0.2) is 9.55 Å². The van der Waals surface area contributed by atoms with E-state index in [0.29, 0.717) is 0 Å². The number of nitrogens with one attached hydrogen (secondary N) is 1. The minimum absolute atomic E-state index is 1.12. The summed E-state index contributed by atoms with van der Waals surface area (Å²) in [6.07, 6.45) is 6.23. The fourth-order valence-corrected chi connectivity index (χ4v) is 4.07. The maximum absolute atomic E-state index is 4.10. The number of aromatic nitrogens is 2. The van der Waals surface area contributed by atoms with E-state index in [1.54, 1.807) is 0 Å². The van der Waals surface area contributed by atoms with Gasteiger partial charge in [0, 0.05) is 38.4 Å². The summed E-state index contributed by atoms with van der Waals surface area (Å²) in [5.74, 6) is 0. The van der Waals surface area contributed by atoms with Crippen molar-refractivity contribution in [1.82, 2.24) is 9.55 Å². The van der Waals surface area contributed by atoms with Crippen LogP contribution in [0.1, 0.15) is 18.2 Å². The number of H-pyrrole nitrogens is 1. The molecule has 2 heteroatoms. The van der Waals surface area contributed by atoms with Crippen molar-refractivity contribution in [3.8, 4) is 5.69 Å². The van der Waals surface area contributed by atoms with Crippen LogP contribution >= 0.6 is 0 Å². The Bertz CT molecular complexity index is 1330. The van der Waals surface area contributed by atoms with E-state index < -0.39 is 0 Å². The highest BCUT2D eigenvalue weighted by Crippen LogP contribution is 2.36. The molecule has 5 aromatic rings. The predicted molar refractivity (Wildman–Crippen MR) is 117 cm³/mol. The van der Waals surface area contributed by atoms with E-state index >= 15 is 0 Å². The Morgan fingerprint density at radius 1 is 0.852 bits per heavy atom. The molecule has 2 aromatic heterocycles. The number of fused-ring (bicyclic) bond motifs is 4. The molecular formula is C25H20N2. The topological polar surface area (TPSA) is 20.7 Å². The summed E-state index contributed by atoms with van der Waals surface area (Å²) >= 11 is 0. The summed E-state index contributed by atoms with van der Waals surface area (Å²) in [7, 11) is 0. The summed E-state index contributed by atoms with van der Waals surface area (Å²) < 4.78 is 2.29. The van der Waals surface area contributed by atoms with Crippen molar-refractivity contribution < 1.29 is 0 Å². The molecule has 2 heterocycles. The Labute approximate surface area is 158 Å². The van der Waals surface area contributed by atoms with Crippen molar-refractivity contribution in [3.05, 3.63) is 90.6 Å². The van der Waals surface area contributed by atoms with Crippen LogP contribution in [0, 0.1) is 0 Å². The molecule has 5 rings (SSSR count). The van der Waals surface area contributed by atoms with Crippen LogP contribution in [-0.2, 0) is 0 Å². The van der Waals surface area contributed by atoms with E-state index in [9.17, 15) is 0 Å². The number of benzene rings is 3. The van der Waals surface area contributed by atoms with Crippen molar-refractivity contribution in [2.45, 2.75) is 6.92 Å². The monoisotopic (exact) mass is 348 g/mol. The van der Waals surface area contributed by atoms with Gasteiger partial charge in [0.15, 0.2) is 0 Å². The molecule has 0 atom stereocenters. The Kier molecular flexibility index (Phi) is 3.51. The van der Waals surface area contributed by atoms with Crippen LogP contribution in [0.25, 0.3) is 50.5 Å². The van der Waals surface area contributed by atoms with Gasteiger partial charge in [0.2, 0.25) is 0 Å². The number of para-hydroxylation sites is 2. The molecule has 0 aliphatic carbocycles. The highest BCUT2D eigenvalue weighted by Gasteiger charge is 2.17. The van der Waals surface area contributed by atoms with E-state index in [2.05, 4.69) is 95.9 Å². The highest BCUT2D eigenvalue weighted by atomic mass is 15.0. The summed E-state index contributed by atoms with van der Waals surface area (Å²) in [5, 5.41) is 3.75. The molecule has 0 spiro atoms. The zero-order valence-corrected chi connectivity index (χ0v) is 15.2. The lowest BCUT2D eigenvalue weighted by Crippen LogP contribution is -1.96. The van der Waals surface area contributed by atoms with Crippen molar-refractivity contribution in [2.75, 3.05) is 0 Å². The number of hydrogen-bond donors (Lipinski definition) is 1. The second-order valence-corrected chi connectivity index (χ2v) is 6.76. The standard InChI is InChI=1S/C25H20N2/c1-3-10-19-21-15-20-18-13-8-9-14-22(18)26-23(20)16-25(21)27(24(19)4-2)17-11-6-5-7-12-17/h3-16,26H,2H2,1H3/b10-3-. The average molecular weight is 348 g/mol. The third kappa shape index (κ3) is 2.27. The number of nitrogens with zero attached hydrogens (tertiary/aromatic N) is 1. The van der Waals surface area contributed by atoms with Crippen LogP contribution in [0.5, 0.6) is 0 Å². The van der Waals surface area contributed by atoms with E-state index in [1.807, 2.05) is 12.1 Å². The first-order chi connectivity index (χ1) is 13.3. The van der Waals surface area contributed by atoms with Crippen molar-refractivity contribution >= 4 is 44.9 Å². The molecule has 0 radical (unpaired) electrons. The molecule has 0 aliphatic rings. The molecule has 0 bridgehead atoms. The van der Waals surface area contributed by atoms with Crippen LogP contribution in [0.2, 0.25) is 0 Å². The normalized spacial score (nSPS) is 11.9. The zero-order chi connectivity index (χ0) is 18.4. The lowest BCUT2D eigenvalue weighted by Gasteiger charge is -2.08. The second kappa shape index (κ2) is 6.03. The summed E-state index contributed by atoms with van der Waals surface area (Å²) in [6, 6.07) is 23.5. The first kappa shape index (κ1) is 15.7. The quantitative estimate of drug-likeness (QED) is 0.364. The largest absolute Gasteiger partial charge is 0.354 e. The van der Waals surface area contributed by atoms with Crippen LogP contribution in [0.15, 0.2) is 79.4 Å². The maximum Gasteiger partial charge on any atom is 0.0562 e. The van der Waals surface area contributed by atoms with Gasteiger partial charge in [-0.25, -0.2) is 0 Å². The van der Waals surface area contributed by atoms with Gasteiger partial charge in [-0.1, -0.05) is 55.1 Å². The molecule has 2 nitrogen and oxygen atoms in total. The molecular weight excluding hydrogens is 328 g/mol. The number of allylic oxidation sites excluding steroid dienone is 1. The average Bonchev–Trinajstić information content (AvgIpc) is 3.22. The van der Waals surface area contributed by atoms with Crippen molar-refractivity contribution in [3.63, 3.8) is 0 Å². The van der Waals surface area contributed by atoms with Crippen LogP contribution in [0.3, 0.4) is 0 Å². The molecule has 3 aromatic carbocycles. The number of rotatable bonds is 3. The third-order valence-corrected chi connectivity index (χ3v) is 5.21. The second-order valence-electron chi connectivity index (χ2n) is 6.76. The number of aromatic amines is 1. The third-order valence-electron chi connectivity index (χ3n) is 5.21. The molecule has 0 saturated carbocycles. The molecule has 0 amide bonds. The minimum atomic E-state index is 1.12. The van der Waals surface area contributed by atoms with Gasteiger partial charge in [-0.2, -0.15) is 0 Å². The molecule has 1 N–H and O–H groups in total. The van der Waals surface area contributed by atoms with Gasteiger partial charge in [0.1, 0.15) is 0 Å². The summed E-state index contributed by atoms with van der Waals surface area (Å²) in [5.41, 5.74) is 6.97. The molecule has 130 valence electrons. The summed E-state index contributed by atoms with van der Waals surface area (Å²) in [6.45, 7) is 6.16. The summed E-state index contributed by atoms with van der Waals surface area (Å²) in [4.78, 5) is 3.57. The van der Waals surface area contributed by atoms with Gasteiger partial charge < -0.3 is 9.55 Å². The van der Waals surface area contributed by atoms with Crippen LogP contribution in [0.4, 0.5) is 0 Å². The van der Waals surface area contributed by atoms with Crippen molar-refractivity contribution in [1.29, 1.82) is 0 Å². The first-order valence-corrected chi connectivity index (χ1v) is 9.21.